The molecule has 3 fully saturated rings. The summed E-state index contributed by atoms with van der Waals surface area (Å²) in [7, 11) is 8.91. The Morgan fingerprint density at radius 3 is 2.29 bits per heavy atom. The third-order valence-corrected chi connectivity index (χ3v) is 13.8. The van der Waals surface area contributed by atoms with E-state index in [2.05, 4.69) is 32.4 Å². The number of aromatic nitrogens is 1. The van der Waals surface area contributed by atoms with Crippen LogP contribution in [0, 0.1) is 5.92 Å². The van der Waals surface area contributed by atoms with Crippen LogP contribution in [0.5, 0.6) is 11.5 Å². The van der Waals surface area contributed by atoms with Crippen molar-refractivity contribution >= 4 is 35.3 Å². The van der Waals surface area contributed by atoms with Crippen molar-refractivity contribution in [2.45, 2.75) is 76.5 Å². The van der Waals surface area contributed by atoms with Gasteiger partial charge in [0, 0.05) is 75.7 Å². The highest BCUT2D eigenvalue weighted by atomic mass is 16.5. The zero-order valence-electron chi connectivity index (χ0n) is 36.5. The van der Waals surface area contributed by atoms with Crippen molar-refractivity contribution in [2.24, 2.45) is 13.0 Å². The van der Waals surface area contributed by atoms with Crippen molar-refractivity contribution in [1.82, 2.24) is 34.8 Å². The van der Waals surface area contributed by atoms with Crippen LogP contribution >= 0.6 is 0 Å². The third kappa shape index (κ3) is 8.29. The second kappa shape index (κ2) is 17.9. The second-order valence-electron chi connectivity index (χ2n) is 17.4. The number of amides is 6. The van der Waals surface area contributed by atoms with Crippen LogP contribution < -0.4 is 30.6 Å². The normalized spacial score (nSPS) is 21.0. The van der Waals surface area contributed by atoms with Gasteiger partial charge in [-0.1, -0.05) is 0 Å². The maximum absolute atomic E-state index is 13.5. The van der Waals surface area contributed by atoms with Crippen LogP contribution in [0.25, 0.3) is 11.1 Å². The maximum Gasteiger partial charge on any atom is 0.317 e. The van der Waals surface area contributed by atoms with Gasteiger partial charge < -0.3 is 34.1 Å². The summed E-state index contributed by atoms with van der Waals surface area (Å²) in [6.45, 7) is 6.07. The molecule has 5 aliphatic rings. The number of aryl methyl sites for hydroxylation is 1. The van der Waals surface area contributed by atoms with Crippen LogP contribution in [0.1, 0.15) is 82.4 Å². The molecule has 0 aliphatic carbocycles. The van der Waals surface area contributed by atoms with Crippen LogP contribution in [0.15, 0.2) is 41.3 Å². The molecule has 3 saturated heterocycles. The SMILES string of the molecule is CNC(=O)N1CCc2c(-c3cc(OC)c(CN4CCC(CCN(C)C5CCCN(c6ccc7c(c6)C(=O)N(C6CCC(=O)NC6=O)C7=O)C5)CC4)c(OC)c3)cn(C)c(=O)c2C1. The smallest absolute Gasteiger partial charge is 0.317 e. The van der Waals surface area contributed by atoms with E-state index in [1.807, 2.05) is 24.4 Å². The summed E-state index contributed by atoms with van der Waals surface area (Å²) in [6, 6.07) is 8.65. The van der Waals surface area contributed by atoms with E-state index in [1.165, 1.54) is 0 Å². The molecule has 0 saturated carbocycles. The first kappa shape index (κ1) is 42.9. The van der Waals surface area contributed by atoms with E-state index in [-0.39, 0.29) is 31.0 Å². The highest BCUT2D eigenvalue weighted by Gasteiger charge is 2.45. The molecule has 2 N–H and O–H groups in total. The third-order valence-electron chi connectivity index (χ3n) is 13.8. The summed E-state index contributed by atoms with van der Waals surface area (Å²) in [5, 5.41) is 4.93. The molecule has 0 radical (unpaired) electrons. The number of benzene rings is 2. The molecule has 330 valence electrons. The highest BCUT2D eigenvalue weighted by molar-refractivity contribution is 6.23. The molecule has 0 bridgehead atoms. The minimum Gasteiger partial charge on any atom is -0.496 e. The Balaban J connectivity index is 0.859. The largest absolute Gasteiger partial charge is 0.496 e. The molecule has 6 heterocycles. The number of hydrogen-bond donors (Lipinski definition) is 2. The Kier molecular flexibility index (Phi) is 12.4. The van der Waals surface area contributed by atoms with E-state index in [0.717, 1.165) is 109 Å². The van der Waals surface area contributed by atoms with E-state index < -0.39 is 29.7 Å². The van der Waals surface area contributed by atoms with Gasteiger partial charge >= 0.3 is 6.03 Å². The Bertz CT molecular complexity index is 2310. The zero-order chi connectivity index (χ0) is 43.8. The van der Waals surface area contributed by atoms with E-state index in [9.17, 15) is 28.8 Å². The molecule has 0 spiro atoms. The van der Waals surface area contributed by atoms with E-state index in [1.54, 1.807) is 49.9 Å². The molecule has 1 aromatic heterocycles. The number of nitrogens with one attached hydrogen (secondary N) is 2. The number of urea groups is 1. The van der Waals surface area contributed by atoms with Gasteiger partial charge in [-0.2, -0.15) is 0 Å². The van der Waals surface area contributed by atoms with Crippen LogP contribution in [-0.4, -0.2) is 133 Å². The number of anilines is 1. The number of rotatable bonds is 11. The number of fused-ring (bicyclic) bond motifs is 2. The van der Waals surface area contributed by atoms with E-state index in [4.69, 9.17) is 9.47 Å². The maximum atomic E-state index is 13.5. The number of likely N-dealkylation sites (tertiary alicyclic amines) is 1. The lowest BCUT2D eigenvalue weighted by Gasteiger charge is -2.40. The van der Waals surface area contributed by atoms with Gasteiger partial charge in [0.1, 0.15) is 17.5 Å². The lowest BCUT2D eigenvalue weighted by Crippen LogP contribution is -2.54. The molecule has 6 amide bonds. The first-order chi connectivity index (χ1) is 29.9. The van der Waals surface area contributed by atoms with Gasteiger partial charge in [-0.25, -0.2) is 4.79 Å². The van der Waals surface area contributed by atoms with E-state index in [0.29, 0.717) is 48.2 Å². The number of carbonyl (C=O) groups is 5. The van der Waals surface area contributed by atoms with Gasteiger partial charge in [0.15, 0.2) is 0 Å². The van der Waals surface area contributed by atoms with Crippen LogP contribution in [0.4, 0.5) is 10.5 Å². The Morgan fingerprint density at radius 1 is 0.871 bits per heavy atom. The number of nitrogens with zero attached hydrogens (tertiary/aromatic N) is 6. The highest BCUT2D eigenvalue weighted by Crippen LogP contribution is 2.39. The number of imide groups is 2. The van der Waals surface area contributed by atoms with Gasteiger partial charge in [0.05, 0.1) is 37.5 Å². The molecule has 16 nitrogen and oxygen atoms in total. The summed E-state index contributed by atoms with van der Waals surface area (Å²) in [6.07, 6.45) is 8.08. The predicted octanol–water partition coefficient (Wildman–Crippen LogP) is 3.37. The fraction of sp³-hybridized carbons (Fsp3) is 0.522. The zero-order valence-corrected chi connectivity index (χ0v) is 36.5. The number of likely N-dealkylation sites (N-methyl/N-ethyl adjacent to an activating group) is 1. The molecule has 16 heteroatoms. The van der Waals surface area contributed by atoms with Crippen LogP contribution in [0.3, 0.4) is 0 Å². The fourth-order valence-corrected chi connectivity index (χ4v) is 10.1. The van der Waals surface area contributed by atoms with Gasteiger partial charge in [-0.15, -0.1) is 0 Å². The summed E-state index contributed by atoms with van der Waals surface area (Å²) in [5.41, 5.74) is 5.83. The first-order valence-corrected chi connectivity index (χ1v) is 21.9. The standard InChI is InChI=1S/C46H58N8O8/c1-47-46(60)53-20-15-32-35(25-50(3)43(57)36(32)27-53)29-21-39(61-4)37(40(22-29)62-5)26-51-18-13-28(14-19-51)12-17-49(2)31-7-6-16-52(24-31)30-8-9-33-34(23-30)45(59)54(44(33)58)38-10-11-41(55)48-42(38)56/h8-9,21-23,25,28,31,38H,6-7,10-20,24,26-27H2,1-5H3,(H,47,60)(H,48,55,56). The molecule has 8 rings (SSSR count). The average molecular weight is 851 g/mol. The lowest BCUT2D eigenvalue weighted by atomic mass is 9.91. The molecule has 3 aromatic rings. The molecular formula is C46H58N8O8. The quantitative estimate of drug-likeness (QED) is 0.272. The minimum absolute atomic E-state index is 0.0894. The van der Waals surface area contributed by atoms with Crippen molar-refractivity contribution in [3.8, 4) is 22.6 Å². The van der Waals surface area contributed by atoms with Crippen molar-refractivity contribution in [3.05, 3.63) is 74.7 Å². The topological polar surface area (TPSA) is 166 Å². The number of methoxy groups -OCH3 is 2. The number of carbonyl (C=O) groups excluding carboxylic acids is 5. The number of pyridine rings is 1. The van der Waals surface area contributed by atoms with Crippen molar-refractivity contribution in [1.29, 1.82) is 0 Å². The van der Waals surface area contributed by atoms with Crippen molar-refractivity contribution < 1.29 is 33.4 Å². The summed E-state index contributed by atoms with van der Waals surface area (Å²) in [4.78, 5) is 86.5. The molecule has 2 atom stereocenters. The number of piperidine rings is 3. The van der Waals surface area contributed by atoms with Gasteiger partial charge in [-0.05, 0) is 119 Å². The fourth-order valence-electron chi connectivity index (χ4n) is 10.1. The van der Waals surface area contributed by atoms with E-state index >= 15 is 0 Å². The summed E-state index contributed by atoms with van der Waals surface area (Å²) < 4.78 is 13.6. The summed E-state index contributed by atoms with van der Waals surface area (Å²) in [5.74, 6) is 0.125. The Morgan fingerprint density at radius 2 is 1.60 bits per heavy atom. The van der Waals surface area contributed by atoms with Gasteiger partial charge in [0.2, 0.25) is 11.8 Å². The summed E-state index contributed by atoms with van der Waals surface area (Å²) >= 11 is 0. The molecule has 5 aliphatic heterocycles. The predicted molar refractivity (Wildman–Crippen MR) is 232 cm³/mol. The van der Waals surface area contributed by atoms with Crippen LogP contribution in [-0.2, 0) is 36.1 Å². The monoisotopic (exact) mass is 850 g/mol. The van der Waals surface area contributed by atoms with Crippen molar-refractivity contribution in [3.63, 3.8) is 0 Å². The molecule has 2 unspecified atom stereocenters. The Hall–Kier alpha value is -5.74. The Labute approximate surface area is 362 Å². The number of ether oxygens (including phenoxy) is 2. The van der Waals surface area contributed by atoms with Crippen molar-refractivity contribution in [2.75, 3.05) is 72.5 Å². The molecular weight excluding hydrogens is 793 g/mol. The van der Waals surface area contributed by atoms with Gasteiger partial charge in [-0.3, -0.25) is 39.1 Å². The minimum atomic E-state index is -0.979. The second-order valence-corrected chi connectivity index (χ2v) is 17.4. The lowest BCUT2D eigenvalue weighted by molar-refractivity contribution is -0.136. The number of hydrogen-bond acceptors (Lipinski definition) is 11. The first-order valence-electron chi connectivity index (χ1n) is 21.9. The average Bonchev–Trinajstić information content (AvgIpc) is 3.54. The molecule has 62 heavy (non-hydrogen) atoms. The molecule has 2 aromatic carbocycles. The van der Waals surface area contributed by atoms with Gasteiger partial charge in [0.25, 0.3) is 17.4 Å². The van der Waals surface area contributed by atoms with Crippen LogP contribution in [0.2, 0.25) is 0 Å².